The van der Waals surface area contributed by atoms with Crippen LogP contribution in [0.25, 0.3) is 0 Å². The average Bonchev–Trinajstić information content (AvgIpc) is 2.20. The molecule has 3 nitrogen and oxygen atoms in total. The first-order valence-electron chi connectivity index (χ1n) is 4.17. The number of carbonyl (C=O) groups is 1. The van der Waals surface area contributed by atoms with E-state index < -0.39 is 0 Å². The molecule has 0 saturated carbocycles. The van der Waals surface area contributed by atoms with Gasteiger partial charge < -0.3 is 9.64 Å². The molecule has 1 amide bonds. The smallest absolute Gasteiger partial charge is 0.409 e. The van der Waals surface area contributed by atoms with E-state index in [1.54, 1.807) is 13.1 Å². The highest BCUT2D eigenvalue weighted by molar-refractivity contribution is 6.31. The highest BCUT2D eigenvalue weighted by atomic mass is 35.5. The second-order valence-corrected chi connectivity index (χ2v) is 3.32. The number of benzene rings is 1. The van der Waals surface area contributed by atoms with Crippen LogP contribution >= 0.6 is 11.6 Å². The highest BCUT2D eigenvalue weighted by Crippen LogP contribution is 2.16. The Hall–Kier alpha value is -1.22. The van der Waals surface area contributed by atoms with Crippen molar-refractivity contribution in [2.45, 2.75) is 14.0 Å². The Balaban J connectivity index is 0.00000196. The normalized spacial score (nSPS) is 9.00. The Kier molecular flexibility index (Phi) is 5.79. The van der Waals surface area contributed by atoms with Crippen molar-refractivity contribution >= 4 is 17.7 Å². The molecule has 0 aliphatic heterocycles. The summed E-state index contributed by atoms with van der Waals surface area (Å²) in [6.45, 7) is 0.451. The fraction of sp³-hybridized carbons (Fsp3) is 0.364. The van der Waals surface area contributed by atoms with Gasteiger partial charge in [-0.15, -0.1) is 0 Å². The van der Waals surface area contributed by atoms with Crippen molar-refractivity contribution in [3.05, 3.63) is 34.9 Å². The quantitative estimate of drug-likeness (QED) is 0.780. The summed E-state index contributed by atoms with van der Waals surface area (Å²) in [6, 6.07) is 7.40. The van der Waals surface area contributed by atoms with Crippen LogP contribution in [0, 0.1) is 0 Å². The molecular weight excluding hydrogens is 214 g/mol. The van der Waals surface area contributed by atoms with Gasteiger partial charge in [0.25, 0.3) is 0 Å². The van der Waals surface area contributed by atoms with Gasteiger partial charge in [-0.2, -0.15) is 0 Å². The van der Waals surface area contributed by atoms with Crippen LogP contribution in [0.2, 0.25) is 5.02 Å². The fourth-order valence-corrected chi connectivity index (χ4v) is 1.30. The summed E-state index contributed by atoms with van der Waals surface area (Å²) in [5.41, 5.74) is 0.905. The van der Waals surface area contributed by atoms with Crippen LogP contribution in [-0.2, 0) is 11.3 Å². The van der Waals surface area contributed by atoms with Crippen LogP contribution in [0.4, 0.5) is 4.79 Å². The van der Waals surface area contributed by atoms with E-state index in [9.17, 15) is 4.79 Å². The van der Waals surface area contributed by atoms with E-state index in [2.05, 4.69) is 4.74 Å². The standard InChI is InChI=1S/C10H12ClNO2.CH4/c1-12(10(13)14-2)7-8-5-3-4-6-9(8)11;/h3-6H,7H2,1-2H3;1H4. The van der Waals surface area contributed by atoms with E-state index in [-0.39, 0.29) is 13.5 Å². The van der Waals surface area contributed by atoms with Gasteiger partial charge in [0, 0.05) is 12.1 Å². The van der Waals surface area contributed by atoms with E-state index in [1.807, 2.05) is 18.2 Å². The third-order valence-electron chi connectivity index (χ3n) is 1.85. The van der Waals surface area contributed by atoms with Gasteiger partial charge in [0.1, 0.15) is 0 Å². The number of hydrogen-bond donors (Lipinski definition) is 0. The molecule has 0 bridgehead atoms. The molecular formula is C11H16ClNO2. The average molecular weight is 230 g/mol. The molecule has 0 heterocycles. The molecule has 0 saturated heterocycles. The van der Waals surface area contributed by atoms with Gasteiger partial charge in [-0.05, 0) is 11.6 Å². The van der Waals surface area contributed by atoms with Crippen LogP contribution in [0.1, 0.15) is 13.0 Å². The second kappa shape index (κ2) is 6.30. The SMILES string of the molecule is C.COC(=O)N(C)Cc1ccccc1Cl. The van der Waals surface area contributed by atoms with Gasteiger partial charge in [0.2, 0.25) is 0 Å². The molecule has 84 valence electrons. The topological polar surface area (TPSA) is 29.5 Å². The zero-order chi connectivity index (χ0) is 10.6. The summed E-state index contributed by atoms with van der Waals surface area (Å²) in [5.74, 6) is 0. The number of nitrogens with zero attached hydrogens (tertiary/aromatic N) is 1. The van der Waals surface area contributed by atoms with E-state index in [1.165, 1.54) is 12.0 Å². The first-order chi connectivity index (χ1) is 6.65. The van der Waals surface area contributed by atoms with Crippen molar-refractivity contribution in [2.24, 2.45) is 0 Å². The minimum atomic E-state index is -0.370. The van der Waals surface area contributed by atoms with E-state index in [0.717, 1.165) is 5.56 Å². The molecule has 0 unspecified atom stereocenters. The molecule has 0 atom stereocenters. The molecule has 0 spiro atoms. The largest absolute Gasteiger partial charge is 0.453 e. The lowest BCUT2D eigenvalue weighted by molar-refractivity contribution is 0.131. The van der Waals surface area contributed by atoms with Gasteiger partial charge in [0.05, 0.1) is 13.7 Å². The van der Waals surface area contributed by atoms with Gasteiger partial charge in [0.15, 0.2) is 0 Å². The van der Waals surface area contributed by atoms with Crippen LogP contribution in [0.15, 0.2) is 24.3 Å². The van der Waals surface area contributed by atoms with Crippen molar-refractivity contribution in [2.75, 3.05) is 14.2 Å². The number of amides is 1. The molecule has 0 N–H and O–H groups in total. The lowest BCUT2D eigenvalue weighted by Crippen LogP contribution is -2.25. The van der Waals surface area contributed by atoms with Crippen molar-refractivity contribution in [1.82, 2.24) is 4.90 Å². The Bertz CT molecular complexity index is 328. The molecule has 1 aromatic rings. The van der Waals surface area contributed by atoms with E-state index >= 15 is 0 Å². The van der Waals surface area contributed by atoms with Crippen molar-refractivity contribution in [3.63, 3.8) is 0 Å². The molecule has 1 rings (SSSR count). The van der Waals surface area contributed by atoms with Crippen LogP contribution in [0.5, 0.6) is 0 Å². The third-order valence-corrected chi connectivity index (χ3v) is 2.22. The fourth-order valence-electron chi connectivity index (χ4n) is 1.10. The van der Waals surface area contributed by atoms with E-state index in [0.29, 0.717) is 11.6 Å². The lowest BCUT2D eigenvalue weighted by Gasteiger charge is -2.15. The molecule has 0 fully saturated rings. The molecule has 0 aliphatic rings. The maximum atomic E-state index is 11.1. The summed E-state index contributed by atoms with van der Waals surface area (Å²) >= 11 is 5.94. The van der Waals surface area contributed by atoms with Crippen molar-refractivity contribution in [1.29, 1.82) is 0 Å². The number of methoxy groups -OCH3 is 1. The predicted molar refractivity (Wildman–Crippen MR) is 62.1 cm³/mol. The molecule has 0 radical (unpaired) electrons. The number of carbonyl (C=O) groups excluding carboxylic acids is 1. The predicted octanol–water partition coefficient (Wildman–Crippen LogP) is 3.17. The van der Waals surface area contributed by atoms with Gasteiger partial charge in [-0.1, -0.05) is 37.2 Å². The number of halogens is 1. The summed E-state index contributed by atoms with van der Waals surface area (Å²) in [4.78, 5) is 12.5. The Morgan fingerprint density at radius 2 is 2.07 bits per heavy atom. The Morgan fingerprint density at radius 3 is 2.60 bits per heavy atom. The maximum Gasteiger partial charge on any atom is 0.409 e. The minimum Gasteiger partial charge on any atom is -0.453 e. The summed E-state index contributed by atoms with van der Waals surface area (Å²) in [7, 11) is 3.01. The van der Waals surface area contributed by atoms with Crippen LogP contribution in [0.3, 0.4) is 0 Å². The first kappa shape index (κ1) is 13.8. The van der Waals surface area contributed by atoms with Crippen LogP contribution < -0.4 is 0 Å². The number of ether oxygens (including phenoxy) is 1. The number of rotatable bonds is 2. The van der Waals surface area contributed by atoms with Crippen molar-refractivity contribution in [3.8, 4) is 0 Å². The van der Waals surface area contributed by atoms with Gasteiger partial charge >= 0.3 is 6.09 Å². The lowest BCUT2D eigenvalue weighted by atomic mass is 10.2. The molecule has 4 heteroatoms. The summed E-state index contributed by atoms with van der Waals surface area (Å²) < 4.78 is 4.57. The summed E-state index contributed by atoms with van der Waals surface area (Å²) in [5, 5.41) is 0.656. The zero-order valence-corrected chi connectivity index (χ0v) is 8.91. The Morgan fingerprint density at radius 1 is 1.47 bits per heavy atom. The Labute approximate surface area is 95.6 Å². The van der Waals surface area contributed by atoms with Crippen molar-refractivity contribution < 1.29 is 9.53 Å². The highest BCUT2D eigenvalue weighted by Gasteiger charge is 2.09. The zero-order valence-electron chi connectivity index (χ0n) is 8.16. The maximum absolute atomic E-state index is 11.1. The third kappa shape index (κ3) is 3.80. The monoisotopic (exact) mass is 229 g/mol. The molecule has 15 heavy (non-hydrogen) atoms. The summed E-state index contributed by atoms with van der Waals surface area (Å²) in [6.07, 6.45) is -0.370. The van der Waals surface area contributed by atoms with E-state index in [4.69, 9.17) is 11.6 Å². The van der Waals surface area contributed by atoms with Crippen LogP contribution in [-0.4, -0.2) is 25.2 Å². The minimum absolute atomic E-state index is 0. The molecule has 1 aromatic carbocycles. The first-order valence-corrected chi connectivity index (χ1v) is 4.55. The van der Waals surface area contributed by atoms with Gasteiger partial charge in [-0.3, -0.25) is 0 Å². The second-order valence-electron chi connectivity index (χ2n) is 2.92. The molecule has 0 aliphatic carbocycles. The molecule has 0 aromatic heterocycles. The van der Waals surface area contributed by atoms with Gasteiger partial charge in [-0.25, -0.2) is 4.79 Å². The number of hydrogen-bond acceptors (Lipinski definition) is 2.